The molecular formula is C14H26O. The van der Waals surface area contributed by atoms with Gasteiger partial charge in [0.15, 0.2) is 0 Å². The average molecular weight is 210 g/mol. The van der Waals surface area contributed by atoms with E-state index in [2.05, 4.69) is 46.8 Å². The van der Waals surface area contributed by atoms with E-state index in [-0.39, 0.29) is 6.10 Å². The Bertz CT molecular complexity index is 222. The molecule has 1 N–H and O–H groups in total. The lowest BCUT2D eigenvalue weighted by molar-refractivity contribution is 0.0191. The van der Waals surface area contributed by atoms with Crippen LogP contribution < -0.4 is 0 Å². The van der Waals surface area contributed by atoms with Gasteiger partial charge < -0.3 is 5.11 Å². The van der Waals surface area contributed by atoms with Gasteiger partial charge in [0.25, 0.3) is 0 Å². The second-order valence-electron chi connectivity index (χ2n) is 6.29. The van der Waals surface area contributed by atoms with Crippen LogP contribution in [0.3, 0.4) is 0 Å². The van der Waals surface area contributed by atoms with E-state index < -0.39 is 0 Å². The average Bonchev–Trinajstić information content (AvgIpc) is 2.15. The first-order chi connectivity index (χ1) is 6.84. The van der Waals surface area contributed by atoms with Crippen molar-refractivity contribution in [2.24, 2.45) is 23.2 Å². The molecule has 0 amide bonds. The summed E-state index contributed by atoms with van der Waals surface area (Å²) < 4.78 is 0. The molecule has 0 heterocycles. The van der Waals surface area contributed by atoms with Crippen molar-refractivity contribution in [3.8, 4) is 0 Å². The van der Waals surface area contributed by atoms with Crippen LogP contribution in [0.4, 0.5) is 0 Å². The Hall–Kier alpha value is -0.300. The Kier molecular flexibility index (Phi) is 3.99. The third kappa shape index (κ3) is 3.07. The highest BCUT2D eigenvalue weighted by atomic mass is 16.3. The Morgan fingerprint density at radius 2 is 1.87 bits per heavy atom. The zero-order valence-electron chi connectivity index (χ0n) is 10.8. The van der Waals surface area contributed by atoms with Gasteiger partial charge in [-0.05, 0) is 30.1 Å². The van der Waals surface area contributed by atoms with Crippen molar-refractivity contribution in [2.75, 3.05) is 0 Å². The zero-order chi connectivity index (χ0) is 11.6. The summed E-state index contributed by atoms with van der Waals surface area (Å²) in [5.74, 6) is 1.31. The molecule has 3 unspecified atom stereocenters. The van der Waals surface area contributed by atoms with Crippen LogP contribution >= 0.6 is 0 Å². The SMILES string of the molecule is CC(C)C(O)C1C=CCCC1C(C)(C)C. The minimum atomic E-state index is -0.189. The van der Waals surface area contributed by atoms with E-state index in [0.29, 0.717) is 23.2 Å². The summed E-state index contributed by atoms with van der Waals surface area (Å²) in [6.45, 7) is 11.1. The molecule has 0 saturated heterocycles. The van der Waals surface area contributed by atoms with Crippen LogP contribution in [0.5, 0.6) is 0 Å². The number of allylic oxidation sites excluding steroid dienone is 1. The predicted octanol–water partition coefficient (Wildman–Crippen LogP) is 3.63. The van der Waals surface area contributed by atoms with E-state index >= 15 is 0 Å². The predicted molar refractivity (Wildman–Crippen MR) is 65.7 cm³/mol. The Morgan fingerprint density at radius 3 is 2.33 bits per heavy atom. The van der Waals surface area contributed by atoms with Gasteiger partial charge in [-0.1, -0.05) is 46.8 Å². The molecule has 1 heteroatoms. The van der Waals surface area contributed by atoms with Crippen molar-refractivity contribution < 1.29 is 5.11 Å². The van der Waals surface area contributed by atoms with E-state index in [4.69, 9.17) is 0 Å². The molecule has 1 nitrogen and oxygen atoms in total. The summed E-state index contributed by atoms with van der Waals surface area (Å²) >= 11 is 0. The van der Waals surface area contributed by atoms with Crippen LogP contribution in [0.25, 0.3) is 0 Å². The second kappa shape index (κ2) is 4.69. The highest BCUT2D eigenvalue weighted by Crippen LogP contribution is 2.41. The van der Waals surface area contributed by atoms with Crippen LogP contribution in [0.15, 0.2) is 12.2 Å². The summed E-state index contributed by atoms with van der Waals surface area (Å²) in [4.78, 5) is 0. The fraction of sp³-hybridized carbons (Fsp3) is 0.857. The standard InChI is InChI=1S/C14H26O/c1-10(2)13(15)11-8-6-7-9-12(11)14(3,4)5/h6,8,10-13,15H,7,9H2,1-5H3. The van der Waals surface area contributed by atoms with Gasteiger partial charge in [-0.2, -0.15) is 0 Å². The maximum absolute atomic E-state index is 10.2. The minimum Gasteiger partial charge on any atom is -0.392 e. The molecule has 1 aliphatic carbocycles. The maximum atomic E-state index is 10.2. The number of hydrogen-bond donors (Lipinski definition) is 1. The summed E-state index contributed by atoms with van der Waals surface area (Å²) in [6.07, 6.45) is 6.67. The van der Waals surface area contributed by atoms with Gasteiger partial charge in [-0.3, -0.25) is 0 Å². The third-order valence-electron chi connectivity index (χ3n) is 3.66. The van der Waals surface area contributed by atoms with E-state index in [1.54, 1.807) is 0 Å². The summed E-state index contributed by atoms with van der Waals surface area (Å²) in [5.41, 5.74) is 0.297. The van der Waals surface area contributed by atoms with Crippen molar-refractivity contribution in [1.29, 1.82) is 0 Å². The van der Waals surface area contributed by atoms with Gasteiger partial charge in [-0.15, -0.1) is 0 Å². The van der Waals surface area contributed by atoms with E-state index in [0.717, 1.165) is 0 Å². The Labute approximate surface area is 94.6 Å². The first-order valence-corrected chi connectivity index (χ1v) is 6.18. The fourth-order valence-corrected chi connectivity index (χ4v) is 2.66. The highest BCUT2D eigenvalue weighted by molar-refractivity contribution is 5.03. The summed E-state index contributed by atoms with van der Waals surface area (Å²) in [7, 11) is 0. The molecule has 0 aromatic carbocycles. The Morgan fingerprint density at radius 1 is 1.27 bits per heavy atom. The van der Waals surface area contributed by atoms with Gasteiger partial charge in [-0.25, -0.2) is 0 Å². The molecule has 0 aromatic heterocycles. The van der Waals surface area contributed by atoms with Crippen molar-refractivity contribution in [3.63, 3.8) is 0 Å². The monoisotopic (exact) mass is 210 g/mol. The molecule has 0 spiro atoms. The topological polar surface area (TPSA) is 20.2 Å². The van der Waals surface area contributed by atoms with Gasteiger partial charge in [0, 0.05) is 5.92 Å². The van der Waals surface area contributed by atoms with Crippen LogP contribution in [0.1, 0.15) is 47.5 Å². The number of rotatable bonds is 2. The molecule has 1 aliphatic rings. The molecule has 88 valence electrons. The van der Waals surface area contributed by atoms with E-state index in [1.807, 2.05) is 0 Å². The van der Waals surface area contributed by atoms with Crippen LogP contribution in [-0.2, 0) is 0 Å². The smallest absolute Gasteiger partial charge is 0.0628 e. The van der Waals surface area contributed by atoms with Crippen molar-refractivity contribution in [2.45, 2.75) is 53.6 Å². The van der Waals surface area contributed by atoms with Crippen molar-refractivity contribution >= 4 is 0 Å². The van der Waals surface area contributed by atoms with Crippen LogP contribution in [0, 0.1) is 23.2 Å². The number of hydrogen-bond acceptors (Lipinski definition) is 1. The molecule has 0 fully saturated rings. The molecule has 15 heavy (non-hydrogen) atoms. The number of aliphatic hydroxyl groups excluding tert-OH is 1. The molecular weight excluding hydrogens is 184 g/mol. The molecule has 1 rings (SSSR count). The Balaban J connectivity index is 2.83. The van der Waals surface area contributed by atoms with Crippen molar-refractivity contribution in [1.82, 2.24) is 0 Å². The van der Waals surface area contributed by atoms with E-state index in [9.17, 15) is 5.11 Å². The van der Waals surface area contributed by atoms with Gasteiger partial charge in [0.2, 0.25) is 0 Å². The quantitative estimate of drug-likeness (QED) is 0.690. The minimum absolute atomic E-state index is 0.189. The fourth-order valence-electron chi connectivity index (χ4n) is 2.66. The maximum Gasteiger partial charge on any atom is 0.0628 e. The highest BCUT2D eigenvalue weighted by Gasteiger charge is 2.36. The van der Waals surface area contributed by atoms with Crippen molar-refractivity contribution in [3.05, 3.63) is 12.2 Å². The lowest BCUT2D eigenvalue weighted by Gasteiger charge is -2.41. The second-order valence-corrected chi connectivity index (χ2v) is 6.29. The normalized spacial score (nSPS) is 29.5. The molecule has 0 radical (unpaired) electrons. The molecule has 0 saturated carbocycles. The molecule has 3 atom stereocenters. The first-order valence-electron chi connectivity index (χ1n) is 6.18. The summed E-state index contributed by atoms with van der Waals surface area (Å²) in [5, 5.41) is 10.2. The summed E-state index contributed by atoms with van der Waals surface area (Å²) in [6, 6.07) is 0. The molecule has 0 aliphatic heterocycles. The van der Waals surface area contributed by atoms with Gasteiger partial charge in [0.05, 0.1) is 6.10 Å². The van der Waals surface area contributed by atoms with Gasteiger partial charge >= 0.3 is 0 Å². The van der Waals surface area contributed by atoms with Crippen LogP contribution in [0.2, 0.25) is 0 Å². The zero-order valence-corrected chi connectivity index (χ0v) is 10.8. The molecule has 0 bridgehead atoms. The number of aliphatic hydroxyl groups is 1. The molecule has 0 aromatic rings. The first kappa shape index (κ1) is 12.8. The van der Waals surface area contributed by atoms with Gasteiger partial charge in [0.1, 0.15) is 0 Å². The third-order valence-corrected chi connectivity index (χ3v) is 3.66. The lowest BCUT2D eigenvalue weighted by atomic mass is 9.66. The van der Waals surface area contributed by atoms with Crippen LogP contribution in [-0.4, -0.2) is 11.2 Å². The largest absolute Gasteiger partial charge is 0.392 e. The van der Waals surface area contributed by atoms with E-state index in [1.165, 1.54) is 12.8 Å². The lowest BCUT2D eigenvalue weighted by Crippen LogP contribution is -2.38.